The number of thioether (sulfide) groups is 1. The number of para-hydroxylation sites is 2. The maximum Gasteiger partial charge on any atom is 0.207 e. The van der Waals surface area contributed by atoms with Crippen molar-refractivity contribution in [2.24, 2.45) is 10.9 Å². The Balaban J connectivity index is 1.01. The molecular weight excluding hydrogens is 737 g/mol. The minimum atomic E-state index is -0.377. The fourth-order valence-corrected chi connectivity index (χ4v) is 12.3. The first-order valence-corrected chi connectivity index (χ1v) is 21.9. The first-order chi connectivity index (χ1) is 28.8. The number of hydrogen-bond donors (Lipinski definition) is 0. The number of hydrogen-bond acceptors (Lipinski definition) is 3. The van der Waals surface area contributed by atoms with Crippen molar-refractivity contribution in [2.75, 3.05) is 7.05 Å². The number of aromatic nitrogens is 2. The minimum Gasteiger partial charge on any atom is -0.334 e. The van der Waals surface area contributed by atoms with Gasteiger partial charge >= 0.3 is 0 Å². The molecular formula is C54H46N4S. The quantitative estimate of drug-likeness (QED) is 0.178. The van der Waals surface area contributed by atoms with Crippen LogP contribution in [-0.2, 0) is 0 Å². The topological polar surface area (TPSA) is 25.5 Å². The molecule has 0 fully saturated rings. The van der Waals surface area contributed by atoms with E-state index in [9.17, 15) is 0 Å². The van der Waals surface area contributed by atoms with E-state index >= 15 is 0 Å². The molecule has 288 valence electrons. The van der Waals surface area contributed by atoms with Crippen LogP contribution in [-0.4, -0.2) is 37.3 Å². The van der Waals surface area contributed by atoms with E-state index in [-0.39, 0.29) is 16.3 Å². The number of nitrogens with zero attached hydrogens (tertiary/aromatic N) is 4. The zero-order chi connectivity index (χ0) is 39.6. The Kier molecular flexibility index (Phi) is 7.54. The van der Waals surface area contributed by atoms with Crippen molar-refractivity contribution in [3.63, 3.8) is 0 Å². The second kappa shape index (κ2) is 12.7. The summed E-state index contributed by atoms with van der Waals surface area (Å²) < 4.78 is 4.89. The normalized spacial score (nSPS) is 25.7. The van der Waals surface area contributed by atoms with Crippen LogP contribution in [0.3, 0.4) is 0 Å². The lowest BCUT2D eigenvalue weighted by Gasteiger charge is -2.46. The van der Waals surface area contributed by atoms with Crippen molar-refractivity contribution in [2.45, 2.75) is 60.8 Å². The van der Waals surface area contributed by atoms with Gasteiger partial charge in [-0.3, -0.25) is 4.57 Å². The van der Waals surface area contributed by atoms with Gasteiger partial charge in [0.05, 0.1) is 33.6 Å². The van der Waals surface area contributed by atoms with Gasteiger partial charge in [0.2, 0.25) is 5.96 Å². The number of rotatable bonds is 3. The van der Waals surface area contributed by atoms with Crippen LogP contribution in [0.4, 0.5) is 0 Å². The smallest absolute Gasteiger partial charge is 0.207 e. The van der Waals surface area contributed by atoms with Crippen LogP contribution >= 0.6 is 11.8 Å². The molecule has 0 N–H and O–H groups in total. The molecule has 5 unspecified atom stereocenters. The molecule has 5 aromatic carbocycles. The largest absolute Gasteiger partial charge is 0.334 e. The summed E-state index contributed by atoms with van der Waals surface area (Å²) in [7, 11) is 2.26. The van der Waals surface area contributed by atoms with E-state index in [1.54, 1.807) is 0 Å². The monoisotopic (exact) mass is 782 g/mol. The van der Waals surface area contributed by atoms with Crippen molar-refractivity contribution in [1.29, 1.82) is 0 Å². The highest BCUT2D eigenvalue weighted by atomic mass is 32.2. The van der Waals surface area contributed by atoms with Gasteiger partial charge in [-0.1, -0.05) is 128 Å². The predicted molar refractivity (Wildman–Crippen MR) is 250 cm³/mol. The molecule has 0 saturated heterocycles. The summed E-state index contributed by atoms with van der Waals surface area (Å²) in [5.41, 5.74) is 12.3. The van der Waals surface area contributed by atoms with Crippen LogP contribution < -0.4 is 0 Å². The highest BCUT2D eigenvalue weighted by Crippen LogP contribution is 2.59. The standard InChI is InChI=1S/C54H46N4S/c1-34-22-26-37(27-23-34)57-46-20-7-5-14-38(46)42-32-35(24-28-48(42)57)36-25-29-49-43(33-36)39-15-6-8-21-47(39)58(49)52-55-53(2)30-11-9-19-45(53)50(56(52)4)41-17-13-16-40-44-18-10-12-31-54(44,3)59-51(40)41/h5-22,24-29,31-34,44,50H,23,30H2,1-4H3. The van der Waals surface area contributed by atoms with E-state index in [0.29, 0.717) is 11.8 Å². The zero-order valence-electron chi connectivity index (χ0n) is 33.9. The van der Waals surface area contributed by atoms with Crippen molar-refractivity contribution in [3.05, 3.63) is 181 Å². The van der Waals surface area contributed by atoms with Gasteiger partial charge in [-0.15, -0.1) is 11.8 Å². The van der Waals surface area contributed by atoms with Crippen LogP contribution in [0, 0.1) is 5.92 Å². The third-order valence-corrected chi connectivity index (χ3v) is 15.3. The Hall–Kier alpha value is -6.04. The first kappa shape index (κ1) is 35.0. The summed E-state index contributed by atoms with van der Waals surface area (Å²) in [5, 5.41) is 5.04. The zero-order valence-corrected chi connectivity index (χ0v) is 34.7. The highest BCUT2D eigenvalue weighted by Gasteiger charge is 2.47. The number of benzene rings is 5. The molecule has 0 bridgehead atoms. The third-order valence-electron chi connectivity index (χ3n) is 13.8. The van der Waals surface area contributed by atoms with Gasteiger partial charge in [-0.2, -0.15) is 0 Å². The average Bonchev–Trinajstić information content (AvgIpc) is 3.88. The fraction of sp³-hybridized carbons (Fsp3) is 0.204. The molecule has 5 atom stereocenters. The molecule has 0 amide bonds. The molecule has 59 heavy (non-hydrogen) atoms. The van der Waals surface area contributed by atoms with Gasteiger partial charge in [0.25, 0.3) is 0 Å². The Bertz CT molecular complexity index is 3180. The number of aliphatic imine (C=N–C) groups is 1. The number of likely N-dealkylation sites (N-methyl/N-ethyl adjacent to an activating group) is 1. The number of fused-ring (bicyclic) bond motifs is 10. The lowest BCUT2D eigenvalue weighted by molar-refractivity contribution is 0.325. The van der Waals surface area contributed by atoms with Gasteiger partial charge < -0.3 is 9.47 Å². The summed E-state index contributed by atoms with van der Waals surface area (Å²) in [4.78, 5) is 9.62. The molecule has 5 aliphatic rings. The summed E-state index contributed by atoms with van der Waals surface area (Å²) in [6.07, 6.45) is 25.0. The summed E-state index contributed by atoms with van der Waals surface area (Å²) in [5.74, 6) is 1.92. The van der Waals surface area contributed by atoms with Crippen molar-refractivity contribution < 1.29 is 0 Å². The minimum absolute atomic E-state index is 0.0107. The molecule has 2 aromatic heterocycles. The second-order valence-corrected chi connectivity index (χ2v) is 19.1. The van der Waals surface area contributed by atoms with E-state index in [4.69, 9.17) is 4.99 Å². The molecule has 12 rings (SSSR count). The molecule has 0 radical (unpaired) electrons. The SMILES string of the molecule is CC1C=CC(n2c3ccccc3c3cc(-c4ccc5c(c4)c4ccccc4n5C4=NC5(C)CC=CC=C5C(c5cccc6c5SC5(C)C=CC=CC65)N4C)ccc32)=CC1. The molecule has 3 aliphatic carbocycles. The van der Waals surface area contributed by atoms with Gasteiger partial charge in [0, 0.05) is 49.9 Å². The van der Waals surface area contributed by atoms with Crippen LogP contribution in [0.5, 0.6) is 0 Å². The Morgan fingerprint density at radius 1 is 0.695 bits per heavy atom. The van der Waals surface area contributed by atoms with E-state index in [1.165, 1.54) is 82.0 Å². The van der Waals surface area contributed by atoms with Crippen LogP contribution in [0.25, 0.3) is 60.4 Å². The Morgan fingerprint density at radius 2 is 1.37 bits per heavy atom. The third kappa shape index (κ3) is 5.07. The van der Waals surface area contributed by atoms with Gasteiger partial charge in [-0.25, -0.2) is 4.99 Å². The van der Waals surface area contributed by atoms with Crippen LogP contribution in [0.1, 0.15) is 56.7 Å². The maximum absolute atomic E-state index is 5.75. The molecule has 4 nitrogen and oxygen atoms in total. The molecule has 7 aromatic rings. The summed E-state index contributed by atoms with van der Waals surface area (Å²) in [6, 6.07) is 38.9. The Labute approximate surface area is 349 Å². The van der Waals surface area contributed by atoms with E-state index in [1.807, 2.05) is 11.8 Å². The molecule has 5 heteroatoms. The van der Waals surface area contributed by atoms with Gasteiger partial charge in [-0.05, 0) is 103 Å². The first-order valence-electron chi connectivity index (χ1n) is 21.1. The highest BCUT2D eigenvalue weighted by molar-refractivity contribution is 8.01. The molecule has 0 spiro atoms. The van der Waals surface area contributed by atoms with Crippen LogP contribution in [0.2, 0.25) is 0 Å². The van der Waals surface area contributed by atoms with Crippen molar-refractivity contribution in [1.82, 2.24) is 14.0 Å². The van der Waals surface area contributed by atoms with Crippen LogP contribution in [0.15, 0.2) is 179 Å². The molecule has 0 saturated carbocycles. The second-order valence-electron chi connectivity index (χ2n) is 17.6. The average molecular weight is 783 g/mol. The van der Waals surface area contributed by atoms with E-state index in [2.05, 4.69) is 206 Å². The molecule has 2 aliphatic heterocycles. The maximum atomic E-state index is 5.75. The fourth-order valence-electron chi connectivity index (χ4n) is 10.7. The van der Waals surface area contributed by atoms with E-state index in [0.717, 1.165) is 18.8 Å². The lowest BCUT2D eigenvalue weighted by Crippen LogP contribution is -2.48. The van der Waals surface area contributed by atoms with Gasteiger partial charge in [0.15, 0.2) is 0 Å². The number of allylic oxidation sites excluding steroid dienone is 9. The molecule has 4 heterocycles. The lowest BCUT2D eigenvalue weighted by atomic mass is 9.76. The summed E-state index contributed by atoms with van der Waals surface area (Å²) in [6.45, 7) is 7.02. The van der Waals surface area contributed by atoms with Crippen molar-refractivity contribution in [3.8, 4) is 11.1 Å². The van der Waals surface area contributed by atoms with Gasteiger partial charge in [0.1, 0.15) is 0 Å². The predicted octanol–water partition coefficient (Wildman–Crippen LogP) is 13.6. The van der Waals surface area contributed by atoms with E-state index < -0.39 is 0 Å². The summed E-state index contributed by atoms with van der Waals surface area (Å²) >= 11 is 2.03. The Morgan fingerprint density at radius 3 is 2.10 bits per heavy atom. The van der Waals surface area contributed by atoms with Crippen molar-refractivity contribution >= 4 is 67.0 Å².